The van der Waals surface area contributed by atoms with Crippen LogP contribution in [0.5, 0.6) is 0 Å². The fourth-order valence-electron chi connectivity index (χ4n) is 3.10. The Morgan fingerprint density at radius 2 is 2.04 bits per heavy atom. The molecule has 1 aliphatic heterocycles. The van der Waals surface area contributed by atoms with Crippen LogP contribution in [0.3, 0.4) is 0 Å². The number of anilines is 1. The number of nitrogens with zero attached hydrogens (tertiary/aromatic N) is 2. The first-order valence-electron chi connectivity index (χ1n) is 8.38. The molecular weight excluding hydrogens is 359 g/mol. The van der Waals surface area contributed by atoms with E-state index >= 15 is 0 Å². The number of aromatic nitrogens is 2. The van der Waals surface area contributed by atoms with Gasteiger partial charge in [-0.05, 0) is 36.4 Å². The molecule has 1 aromatic carbocycles. The van der Waals surface area contributed by atoms with Crippen molar-refractivity contribution >= 4 is 29.0 Å². The van der Waals surface area contributed by atoms with Gasteiger partial charge in [0.1, 0.15) is 0 Å². The SMILES string of the molecule is CC1(CN)CCN(c2ncc(Cc3cccc(Cl)c3Cl)[nH]c2=O)CC1. The number of nitrogens with two attached hydrogens (primary N) is 1. The molecule has 25 heavy (non-hydrogen) atoms. The van der Waals surface area contributed by atoms with Crippen LogP contribution < -0.4 is 16.2 Å². The fourth-order valence-corrected chi connectivity index (χ4v) is 3.49. The van der Waals surface area contributed by atoms with Crippen molar-refractivity contribution in [3.63, 3.8) is 0 Å². The van der Waals surface area contributed by atoms with E-state index in [9.17, 15) is 4.79 Å². The minimum absolute atomic E-state index is 0.159. The molecule has 0 spiro atoms. The van der Waals surface area contributed by atoms with Crippen molar-refractivity contribution in [3.05, 3.63) is 56.1 Å². The average Bonchev–Trinajstić information content (AvgIpc) is 2.60. The van der Waals surface area contributed by atoms with Gasteiger partial charge < -0.3 is 15.6 Å². The van der Waals surface area contributed by atoms with Crippen molar-refractivity contribution in [2.75, 3.05) is 24.5 Å². The van der Waals surface area contributed by atoms with Gasteiger partial charge in [0.25, 0.3) is 5.56 Å². The van der Waals surface area contributed by atoms with Gasteiger partial charge in [0, 0.05) is 31.4 Å². The molecule has 2 aromatic rings. The van der Waals surface area contributed by atoms with Crippen LogP contribution in [0.4, 0.5) is 5.82 Å². The number of H-pyrrole nitrogens is 1. The van der Waals surface area contributed by atoms with Gasteiger partial charge >= 0.3 is 0 Å². The molecule has 1 fully saturated rings. The summed E-state index contributed by atoms with van der Waals surface area (Å²) in [5.41, 5.74) is 7.40. The van der Waals surface area contributed by atoms with Gasteiger partial charge in [-0.3, -0.25) is 4.79 Å². The minimum atomic E-state index is -0.174. The zero-order valence-corrected chi connectivity index (χ0v) is 15.7. The van der Waals surface area contributed by atoms with E-state index in [-0.39, 0.29) is 11.0 Å². The molecule has 1 saturated heterocycles. The van der Waals surface area contributed by atoms with Crippen LogP contribution in [0.25, 0.3) is 0 Å². The first-order valence-corrected chi connectivity index (χ1v) is 9.13. The molecule has 1 aromatic heterocycles. The largest absolute Gasteiger partial charge is 0.352 e. The molecule has 1 aliphatic rings. The van der Waals surface area contributed by atoms with Gasteiger partial charge in [0.2, 0.25) is 0 Å². The molecule has 0 atom stereocenters. The second kappa shape index (κ2) is 7.36. The summed E-state index contributed by atoms with van der Waals surface area (Å²) in [6.45, 7) is 4.45. The molecule has 134 valence electrons. The normalized spacial score (nSPS) is 16.9. The lowest BCUT2D eigenvalue weighted by Crippen LogP contribution is -2.44. The Hall–Kier alpha value is -1.56. The van der Waals surface area contributed by atoms with E-state index in [1.807, 2.05) is 17.0 Å². The lowest BCUT2D eigenvalue weighted by atomic mass is 9.80. The topological polar surface area (TPSA) is 75.0 Å². The molecule has 3 N–H and O–H groups in total. The number of piperidine rings is 1. The van der Waals surface area contributed by atoms with E-state index in [0.29, 0.717) is 34.5 Å². The predicted octanol–water partition coefficient (Wildman–Crippen LogP) is 3.23. The highest BCUT2D eigenvalue weighted by Crippen LogP contribution is 2.30. The van der Waals surface area contributed by atoms with Gasteiger partial charge in [-0.15, -0.1) is 0 Å². The first kappa shape index (κ1) is 18.2. The second-order valence-electron chi connectivity index (χ2n) is 6.95. The summed E-state index contributed by atoms with van der Waals surface area (Å²) in [7, 11) is 0. The zero-order chi connectivity index (χ0) is 18.0. The smallest absolute Gasteiger partial charge is 0.291 e. The Bertz CT molecular complexity index is 813. The summed E-state index contributed by atoms with van der Waals surface area (Å²) < 4.78 is 0. The average molecular weight is 381 g/mol. The summed E-state index contributed by atoms with van der Waals surface area (Å²) in [5, 5.41) is 1.01. The highest BCUT2D eigenvalue weighted by atomic mass is 35.5. The van der Waals surface area contributed by atoms with Crippen LogP contribution >= 0.6 is 23.2 Å². The Labute approximate surface area is 157 Å². The molecule has 7 heteroatoms. The van der Waals surface area contributed by atoms with Gasteiger partial charge in [-0.25, -0.2) is 4.98 Å². The lowest BCUT2D eigenvalue weighted by molar-refractivity contribution is 0.257. The van der Waals surface area contributed by atoms with E-state index in [4.69, 9.17) is 28.9 Å². The van der Waals surface area contributed by atoms with Crippen molar-refractivity contribution in [1.82, 2.24) is 9.97 Å². The predicted molar refractivity (Wildman–Crippen MR) is 103 cm³/mol. The number of nitrogens with one attached hydrogen (secondary N) is 1. The van der Waals surface area contributed by atoms with E-state index in [2.05, 4.69) is 16.9 Å². The van der Waals surface area contributed by atoms with Crippen molar-refractivity contribution in [3.8, 4) is 0 Å². The number of benzene rings is 1. The monoisotopic (exact) mass is 380 g/mol. The second-order valence-corrected chi connectivity index (χ2v) is 7.74. The molecule has 3 rings (SSSR count). The third-order valence-electron chi connectivity index (χ3n) is 5.00. The molecule has 0 saturated carbocycles. The third kappa shape index (κ3) is 4.00. The van der Waals surface area contributed by atoms with Crippen molar-refractivity contribution in [1.29, 1.82) is 0 Å². The van der Waals surface area contributed by atoms with E-state index < -0.39 is 0 Å². The highest BCUT2D eigenvalue weighted by molar-refractivity contribution is 6.42. The van der Waals surface area contributed by atoms with Gasteiger partial charge in [0.05, 0.1) is 10.0 Å². The summed E-state index contributed by atoms with van der Waals surface area (Å²) in [4.78, 5) is 21.8. The van der Waals surface area contributed by atoms with Crippen LogP contribution in [0.15, 0.2) is 29.2 Å². The number of halogens is 2. The molecule has 5 nitrogen and oxygen atoms in total. The van der Waals surface area contributed by atoms with E-state index in [1.165, 1.54) is 0 Å². The maximum Gasteiger partial charge on any atom is 0.291 e. The first-order chi connectivity index (χ1) is 11.9. The van der Waals surface area contributed by atoms with E-state index in [1.54, 1.807) is 12.3 Å². The standard InChI is InChI=1S/C18H22Cl2N4O/c1-18(11-21)5-7-24(8-6-18)16-17(25)23-13(10-22-16)9-12-3-2-4-14(19)15(12)20/h2-4,10H,5-9,11,21H2,1H3,(H,23,25). The Morgan fingerprint density at radius 3 is 2.68 bits per heavy atom. The molecule has 0 radical (unpaired) electrons. The Morgan fingerprint density at radius 1 is 1.32 bits per heavy atom. The van der Waals surface area contributed by atoms with Gasteiger partial charge in [0.15, 0.2) is 5.82 Å². The quantitative estimate of drug-likeness (QED) is 0.853. The van der Waals surface area contributed by atoms with Crippen LogP contribution in [0.1, 0.15) is 31.0 Å². The summed E-state index contributed by atoms with van der Waals surface area (Å²) in [6.07, 6.45) is 4.10. The number of hydrogen-bond acceptors (Lipinski definition) is 4. The Kier molecular flexibility index (Phi) is 5.37. The maximum atomic E-state index is 12.5. The molecule has 2 heterocycles. The zero-order valence-electron chi connectivity index (χ0n) is 14.2. The van der Waals surface area contributed by atoms with Crippen LogP contribution in [0.2, 0.25) is 10.0 Å². The summed E-state index contributed by atoms with van der Waals surface area (Å²) in [6, 6.07) is 5.47. The molecular formula is C18H22Cl2N4O. The maximum absolute atomic E-state index is 12.5. The highest BCUT2D eigenvalue weighted by Gasteiger charge is 2.30. The van der Waals surface area contributed by atoms with Gasteiger partial charge in [-0.2, -0.15) is 0 Å². The van der Waals surface area contributed by atoms with Crippen molar-refractivity contribution in [2.24, 2.45) is 11.1 Å². The van der Waals surface area contributed by atoms with Crippen LogP contribution in [0, 0.1) is 5.41 Å². The number of rotatable bonds is 4. The van der Waals surface area contributed by atoms with Gasteiger partial charge in [-0.1, -0.05) is 42.3 Å². The van der Waals surface area contributed by atoms with Crippen LogP contribution in [-0.4, -0.2) is 29.6 Å². The number of aromatic amines is 1. The molecule has 0 unspecified atom stereocenters. The van der Waals surface area contributed by atoms with Crippen molar-refractivity contribution in [2.45, 2.75) is 26.2 Å². The molecule has 0 bridgehead atoms. The number of hydrogen-bond donors (Lipinski definition) is 2. The third-order valence-corrected chi connectivity index (χ3v) is 5.85. The fraction of sp³-hybridized carbons (Fsp3) is 0.444. The summed E-state index contributed by atoms with van der Waals surface area (Å²) in [5.74, 6) is 0.472. The minimum Gasteiger partial charge on any atom is -0.352 e. The summed E-state index contributed by atoms with van der Waals surface area (Å²) >= 11 is 12.3. The van der Waals surface area contributed by atoms with Crippen molar-refractivity contribution < 1.29 is 0 Å². The Balaban J connectivity index is 1.76. The molecule has 0 amide bonds. The van der Waals surface area contributed by atoms with Crippen LogP contribution in [-0.2, 0) is 6.42 Å². The molecule has 0 aliphatic carbocycles. The van der Waals surface area contributed by atoms with E-state index in [0.717, 1.165) is 31.5 Å². The lowest BCUT2D eigenvalue weighted by Gasteiger charge is -2.38.